The summed E-state index contributed by atoms with van der Waals surface area (Å²) in [5.41, 5.74) is 0. The molecule has 5 nitrogen and oxygen atoms in total. The first-order valence-corrected chi connectivity index (χ1v) is 3.65. The molecule has 0 aromatic carbocycles. The van der Waals surface area contributed by atoms with Crippen molar-refractivity contribution in [1.82, 2.24) is 0 Å². The van der Waals surface area contributed by atoms with Gasteiger partial charge in [0.25, 0.3) is 0 Å². The number of hydrogen-bond acceptors (Lipinski definition) is 5. The van der Waals surface area contributed by atoms with Gasteiger partial charge in [-0.05, 0) is 6.08 Å². The normalized spacial score (nSPS) is 21.2. The third kappa shape index (κ3) is 2.70. The Morgan fingerprint density at radius 3 is 2.85 bits per heavy atom. The minimum atomic E-state index is -0.985. The van der Waals surface area contributed by atoms with Crippen LogP contribution in [0.4, 0.5) is 0 Å². The second kappa shape index (κ2) is 3.84. The lowest BCUT2D eigenvalue weighted by Gasteiger charge is -2.16. The van der Waals surface area contributed by atoms with Crippen LogP contribution >= 0.6 is 0 Å². The van der Waals surface area contributed by atoms with Gasteiger partial charge in [0, 0.05) is 13.0 Å². The number of esters is 2. The lowest BCUT2D eigenvalue weighted by molar-refractivity contribution is -0.159. The molecule has 5 heteroatoms. The fourth-order valence-corrected chi connectivity index (χ4v) is 0.804. The molecule has 1 atom stereocenters. The summed E-state index contributed by atoms with van der Waals surface area (Å²) < 4.78 is 9.13. The Morgan fingerprint density at radius 2 is 2.23 bits per heavy atom. The van der Waals surface area contributed by atoms with E-state index < -0.39 is 18.0 Å². The molecular weight excluding hydrogens is 176 g/mol. The van der Waals surface area contributed by atoms with Crippen LogP contribution in [0.2, 0.25) is 0 Å². The van der Waals surface area contributed by atoms with Gasteiger partial charge in [-0.1, -0.05) is 0 Å². The second-order valence-electron chi connectivity index (χ2n) is 2.46. The van der Waals surface area contributed by atoms with Crippen LogP contribution in [0.25, 0.3) is 0 Å². The largest absolute Gasteiger partial charge is 0.461 e. The van der Waals surface area contributed by atoms with E-state index in [2.05, 4.69) is 9.47 Å². The molecule has 0 bridgehead atoms. The van der Waals surface area contributed by atoms with Gasteiger partial charge in [0.1, 0.15) is 6.61 Å². The predicted octanol–water partition coefficient (Wildman–Crippen LogP) is -0.400. The molecule has 0 radical (unpaired) electrons. The molecule has 1 aliphatic rings. The molecule has 1 heterocycles. The van der Waals surface area contributed by atoms with Crippen molar-refractivity contribution in [3.63, 3.8) is 0 Å². The van der Waals surface area contributed by atoms with E-state index in [4.69, 9.17) is 0 Å². The summed E-state index contributed by atoms with van der Waals surface area (Å²) in [6.07, 6.45) is 1.16. The molecule has 1 aliphatic heterocycles. The Balaban J connectivity index is 2.50. The molecule has 0 unspecified atom stereocenters. The Bertz CT molecular complexity index is 278. The first-order valence-electron chi connectivity index (χ1n) is 3.65. The van der Waals surface area contributed by atoms with Crippen molar-refractivity contribution < 1.29 is 23.9 Å². The van der Waals surface area contributed by atoms with Crippen LogP contribution in [0.1, 0.15) is 6.92 Å². The van der Waals surface area contributed by atoms with E-state index in [1.54, 1.807) is 0 Å². The van der Waals surface area contributed by atoms with Gasteiger partial charge in [0.05, 0.1) is 0 Å². The summed E-state index contributed by atoms with van der Waals surface area (Å²) in [6, 6.07) is 0. The lowest BCUT2D eigenvalue weighted by Crippen LogP contribution is -2.33. The summed E-state index contributed by atoms with van der Waals surface area (Å²) in [4.78, 5) is 32.0. The quantitative estimate of drug-likeness (QED) is 0.546. The number of carbonyl (C=O) groups excluding carboxylic acids is 3. The van der Waals surface area contributed by atoms with Crippen LogP contribution in [0.5, 0.6) is 0 Å². The zero-order valence-corrected chi connectivity index (χ0v) is 6.98. The van der Waals surface area contributed by atoms with Gasteiger partial charge in [0.2, 0.25) is 0 Å². The van der Waals surface area contributed by atoms with Crippen LogP contribution in [0.15, 0.2) is 12.2 Å². The molecule has 0 fully saturated rings. The van der Waals surface area contributed by atoms with Gasteiger partial charge < -0.3 is 9.47 Å². The Kier molecular flexibility index (Phi) is 2.79. The monoisotopic (exact) mass is 184 g/mol. The van der Waals surface area contributed by atoms with Gasteiger partial charge in [-0.15, -0.1) is 0 Å². The van der Waals surface area contributed by atoms with Crippen LogP contribution in [0, 0.1) is 0 Å². The molecule has 0 aliphatic carbocycles. The number of cyclic esters (lactones) is 1. The van der Waals surface area contributed by atoms with E-state index in [9.17, 15) is 14.4 Å². The molecule has 70 valence electrons. The minimum Gasteiger partial charge on any atom is -0.461 e. The topological polar surface area (TPSA) is 69.7 Å². The zero-order chi connectivity index (χ0) is 9.84. The molecule has 0 saturated carbocycles. The summed E-state index contributed by atoms with van der Waals surface area (Å²) in [7, 11) is 0. The fraction of sp³-hybridized carbons (Fsp3) is 0.375. The van der Waals surface area contributed by atoms with Gasteiger partial charge in [-0.3, -0.25) is 9.59 Å². The molecule has 0 N–H and O–H groups in total. The Morgan fingerprint density at radius 1 is 1.54 bits per heavy atom. The number of hydrogen-bond donors (Lipinski definition) is 0. The molecule has 0 amide bonds. The SMILES string of the molecule is CC(=O)OC[C@H]1OC(=O)C=CC1=O. The average molecular weight is 184 g/mol. The molecule has 13 heavy (non-hydrogen) atoms. The summed E-state index contributed by atoms with van der Waals surface area (Å²) in [5.74, 6) is -1.49. The molecule has 0 aromatic rings. The number of ketones is 1. The van der Waals surface area contributed by atoms with Crippen molar-refractivity contribution in [3.05, 3.63) is 12.2 Å². The Hall–Kier alpha value is -1.65. The van der Waals surface area contributed by atoms with E-state index in [1.165, 1.54) is 6.92 Å². The van der Waals surface area contributed by atoms with Crippen LogP contribution in [0.3, 0.4) is 0 Å². The number of carbonyl (C=O) groups is 3. The van der Waals surface area contributed by atoms with Crippen LogP contribution in [-0.2, 0) is 23.9 Å². The highest BCUT2D eigenvalue weighted by Crippen LogP contribution is 2.04. The summed E-state index contributed by atoms with van der Waals surface area (Å²) in [6.45, 7) is 0.995. The smallest absolute Gasteiger partial charge is 0.331 e. The van der Waals surface area contributed by atoms with Crippen molar-refractivity contribution in [2.24, 2.45) is 0 Å². The number of ether oxygens (including phenoxy) is 2. The zero-order valence-electron chi connectivity index (χ0n) is 6.98. The van der Waals surface area contributed by atoms with Crippen molar-refractivity contribution in [3.8, 4) is 0 Å². The standard InChI is InChI=1S/C8H8O5/c1-5(9)12-4-7-6(10)2-3-8(11)13-7/h2-3,7H,4H2,1H3/t7-/m1/s1. The van der Waals surface area contributed by atoms with Crippen molar-refractivity contribution >= 4 is 17.7 Å². The lowest BCUT2D eigenvalue weighted by atomic mass is 10.2. The summed E-state index contributed by atoms with van der Waals surface area (Å²) in [5, 5.41) is 0. The highest BCUT2D eigenvalue weighted by molar-refractivity contribution is 6.03. The molecule has 0 aromatic heterocycles. The van der Waals surface area contributed by atoms with Crippen LogP contribution < -0.4 is 0 Å². The van der Waals surface area contributed by atoms with E-state index in [0.29, 0.717) is 0 Å². The molecule has 0 spiro atoms. The maximum atomic E-state index is 11.0. The van der Waals surface area contributed by atoms with Gasteiger partial charge in [-0.25, -0.2) is 4.79 Å². The fourth-order valence-electron chi connectivity index (χ4n) is 0.804. The van der Waals surface area contributed by atoms with E-state index in [0.717, 1.165) is 12.2 Å². The first kappa shape index (κ1) is 9.44. The Labute approximate surface area is 74.3 Å². The third-order valence-electron chi connectivity index (χ3n) is 1.40. The second-order valence-corrected chi connectivity index (χ2v) is 2.46. The minimum absolute atomic E-state index is 0.218. The van der Waals surface area contributed by atoms with Gasteiger partial charge >= 0.3 is 11.9 Å². The molecular formula is C8H8O5. The predicted molar refractivity (Wildman–Crippen MR) is 40.7 cm³/mol. The maximum Gasteiger partial charge on any atom is 0.331 e. The van der Waals surface area contributed by atoms with Crippen LogP contribution in [-0.4, -0.2) is 30.4 Å². The van der Waals surface area contributed by atoms with Gasteiger partial charge in [0.15, 0.2) is 11.9 Å². The van der Waals surface area contributed by atoms with E-state index in [1.807, 2.05) is 0 Å². The highest BCUT2D eigenvalue weighted by atomic mass is 16.6. The number of rotatable bonds is 2. The van der Waals surface area contributed by atoms with E-state index >= 15 is 0 Å². The maximum absolute atomic E-state index is 11.0. The average Bonchev–Trinajstić information content (AvgIpc) is 2.06. The first-order chi connectivity index (χ1) is 6.09. The van der Waals surface area contributed by atoms with Gasteiger partial charge in [-0.2, -0.15) is 0 Å². The highest BCUT2D eigenvalue weighted by Gasteiger charge is 2.25. The summed E-state index contributed by atoms with van der Waals surface area (Å²) >= 11 is 0. The van der Waals surface area contributed by atoms with Crippen molar-refractivity contribution in [2.45, 2.75) is 13.0 Å². The third-order valence-corrected chi connectivity index (χ3v) is 1.40. The molecule has 1 rings (SSSR count). The van der Waals surface area contributed by atoms with Crippen molar-refractivity contribution in [2.75, 3.05) is 6.61 Å². The van der Waals surface area contributed by atoms with Crippen molar-refractivity contribution in [1.29, 1.82) is 0 Å². The molecule has 0 saturated heterocycles. The van der Waals surface area contributed by atoms with E-state index in [-0.39, 0.29) is 12.4 Å².